The lowest BCUT2D eigenvalue weighted by atomic mass is 9.86. The molecule has 4 rings (SSSR count). The van der Waals surface area contributed by atoms with Gasteiger partial charge >= 0.3 is 0 Å². The molecule has 0 aromatic heterocycles. The fourth-order valence-electron chi connectivity index (χ4n) is 5.21. The second-order valence-electron chi connectivity index (χ2n) is 9.13. The number of methoxy groups -OCH3 is 1. The van der Waals surface area contributed by atoms with Crippen molar-refractivity contribution in [3.05, 3.63) is 52.8 Å². The topological polar surface area (TPSA) is 57.5 Å². The molecule has 0 amide bonds. The molecule has 0 aliphatic carbocycles. The Labute approximate surface area is 195 Å². The number of halogens is 1. The van der Waals surface area contributed by atoms with Crippen molar-refractivity contribution in [2.75, 3.05) is 38.3 Å². The summed E-state index contributed by atoms with van der Waals surface area (Å²) >= 11 is 0. The van der Waals surface area contributed by atoms with Crippen LogP contribution in [0.2, 0.25) is 0 Å². The summed E-state index contributed by atoms with van der Waals surface area (Å²) in [5.74, 6) is 0.807. The SMILES string of the molecule is COc1cc(N2CCN3C(CCC[C@@H]3c3ccc(OC/C(C)=N\O)c(C)c3C)C2)ccc1F. The Bertz CT molecular complexity index is 1030. The van der Waals surface area contributed by atoms with Gasteiger partial charge in [-0.15, -0.1) is 0 Å². The first-order chi connectivity index (χ1) is 15.9. The maximum Gasteiger partial charge on any atom is 0.165 e. The monoisotopic (exact) mass is 455 g/mol. The molecule has 0 radical (unpaired) electrons. The zero-order valence-electron chi connectivity index (χ0n) is 20.0. The van der Waals surface area contributed by atoms with Crippen molar-refractivity contribution in [2.24, 2.45) is 5.16 Å². The van der Waals surface area contributed by atoms with Crippen molar-refractivity contribution in [1.29, 1.82) is 0 Å². The van der Waals surface area contributed by atoms with Crippen molar-refractivity contribution >= 4 is 11.4 Å². The lowest BCUT2D eigenvalue weighted by Crippen LogP contribution is -2.56. The fourth-order valence-corrected chi connectivity index (χ4v) is 5.21. The number of fused-ring (bicyclic) bond motifs is 1. The Morgan fingerprint density at radius 2 is 1.94 bits per heavy atom. The van der Waals surface area contributed by atoms with Crippen molar-refractivity contribution in [2.45, 2.75) is 52.1 Å². The zero-order chi connectivity index (χ0) is 23.5. The molecular formula is C26H34FN3O3. The van der Waals surface area contributed by atoms with Crippen LogP contribution >= 0.6 is 0 Å². The number of anilines is 1. The van der Waals surface area contributed by atoms with E-state index in [9.17, 15) is 4.39 Å². The first kappa shape index (κ1) is 23.4. The van der Waals surface area contributed by atoms with Gasteiger partial charge in [-0.05, 0) is 74.9 Å². The van der Waals surface area contributed by atoms with E-state index in [0.717, 1.165) is 43.1 Å². The van der Waals surface area contributed by atoms with E-state index in [1.54, 1.807) is 13.0 Å². The van der Waals surface area contributed by atoms with E-state index in [1.165, 1.54) is 37.1 Å². The summed E-state index contributed by atoms with van der Waals surface area (Å²) in [5.41, 5.74) is 5.34. The fraction of sp³-hybridized carbons (Fsp3) is 0.500. The van der Waals surface area contributed by atoms with Gasteiger partial charge in [0.2, 0.25) is 0 Å². The van der Waals surface area contributed by atoms with E-state index in [4.69, 9.17) is 14.7 Å². The highest BCUT2D eigenvalue weighted by atomic mass is 19.1. The molecule has 1 unspecified atom stereocenters. The molecule has 33 heavy (non-hydrogen) atoms. The van der Waals surface area contributed by atoms with Crippen LogP contribution in [0.15, 0.2) is 35.5 Å². The minimum absolute atomic E-state index is 0.276. The van der Waals surface area contributed by atoms with Crippen molar-refractivity contribution < 1.29 is 19.1 Å². The van der Waals surface area contributed by atoms with Gasteiger partial charge in [-0.1, -0.05) is 11.2 Å². The maximum absolute atomic E-state index is 13.9. The Morgan fingerprint density at radius 1 is 1.12 bits per heavy atom. The van der Waals surface area contributed by atoms with Crippen LogP contribution in [0.4, 0.5) is 10.1 Å². The second-order valence-corrected chi connectivity index (χ2v) is 9.13. The molecule has 2 aromatic carbocycles. The highest BCUT2D eigenvalue weighted by Gasteiger charge is 2.36. The van der Waals surface area contributed by atoms with Gasteiger partial charge in [0.25, 0.3) is 0 Å². The van der Waals surface area contributed by atoms with Gasteiger partial charge in [-0.3, -0.25) is 4.90 Å². The summed E-state index contributed by atoms with van der Waals surface area (Å²) < 4.78 is 24.9. The summed E-state index contributed by atoms with van der Waals surface area (Å²) in [4.78, 5) is 5.01. The first-order valence-corrected chi connectivity index (χ1v) is 11.7. The normalized spacial score (nSPS) is 21.6. The molecule has 2 aliphatic rings. The molecule has 2 heterocycles. The molecule has 178 valence electrons. The van der Waals surface area contributed by atoms with Crippen LogP contribution in [-0.4, -0.2) is 55.2 Å². The molecule has 0 bridgehead atoms. The average molecular weight is 456 g/mol. The third-order valence-electron chi connectivity index (χ3n) is 7.19. The molecule has 7 heteroatoms. The smallest absolute Gasteiger partial charge is 0.165 e. The van der Waals surface area contributed by atoms with Crippen molar-refractivity contribution in [3.8, 4) is 11.5 Å². The largest absolute Gasteiger partial charge is 0.494 e. The lowest BCUT2D eigenvalue weighted by molar-refractivity contribution is 0.0712. The number of piperazine rings is 1. The van der Waals surface area contributed by atoms with Crippen LogP contribution in [-0.2, 0) is 0 Å². The van der Waals surface area contributed by atoms with Gasteiger partial charge in [0.1, 0.15) is 12.4 Å². The molecule has 2 saturated heterocycles. The number of hydrogen-bond acceptors (Lipinski definition) is 6. The molecule has 2 aromatic rings. The van der Waals surface area contributed by atoms with Crippen LogP contribution in [0.5, 0.6) is 11.5 Å². The molecular weight excluding hydrogens is 421 g/mol. The third-order valence-corrected chi connectivity index (χ3v) is 7.19. The number of piperidine rings is 1. The van der Waals surface area contributed by atoms with Crippen molar-refractivity contribution in [1.82, 2.24) is 4.90 Å². The van der Waals surface area contributed by atoms with E-state index >= 15 is 0 Å². The molecule has 6 nitrogen and oxygen atoms in total. The Morgan fingerprint density at radius 3 is 2.70 bits per heavy atom. The van der Waals surface area contributed by atoms with E-state index < -0.39 is 0 Å². The van der Waals surface area contributed by atoms with Gasteiger partial charge in [-0.2, -0.15) is 0 Å². The summed E-state index contributed by atoms with van der Waals surface area (Å²) in [6.45, 7) is 9.09. The summed E-state index contributed by atoms with van der Waals surface area (Å²) in [5, 5.41) is 12.1. The van der Waals surface area contributed by atoms with Gasteiger partial charge < -0.3 is 19.6 Å². The predicted octanol–water partition coefficient (Wildman–Crippen LogP) is 5.10. The molecule has 1 N–H and O–H groups in total. The molecule has 0 spiro atoms. The number of hydrogen-bond donors (Lipinski definition) is 1. The van der Waals surface area contributed by atoms with Crippen LogP contribution in [0.25, 0.3) is 0 Å². The average Bonchev–Trinajstić information content (AvgIpc) is 2.84. The van der Waals surface area contributed by atoms with Crippen LogP contribution < -0.4 is 14.4 Å². The number of rotatable bonds is 6. The highest BCUT2D eigenvalue weighted by molar-refractivity contribution is 5.82. The first-order valence-electron chi connectivity index (χ1n) is 11.7. The summed E-state index contributed by atoms with van der Waals surface area (Å²) in [6, 6.07) is 10.3. The Balaban J connectivity index is 1.51. The molecule has 0 saturated carbocycles. The maximum atomic E-state index is 13.9. The quantitative estimate of drug-likeness (QED) is 0.373. The van der Waals surface area contributed by atoms with Gasteiger partial charge in [-0.25, -0.2) is 4.39 Å². The summed E-state index contributed by atoms with van der Waals surface area (Å²) in [7, 11) is 1.51. The van der Waals surface area contributed by atoms with Gasteiger partial charge in [0.05, 0.1) is 12.8 Å². The zero-order valence-corrected chi connectivity index (χ0v) is 20.0. The van der Waals surface area contributed by atoms with E-state index in [-0.39, 0.29) is 12.4 Å². The minimum atomic E-state index is -0.324. The lowest BCUT2D eigenvalue weighted by Gasteiger charge is -2.49. The number of benzene rings is 2. The third kappa shape index (κ3) is 4.78. The standard InChI is InChI=1S/C26H34FN3O3/c1-17(28-31)16-33-25-11-9-22(18(2)19(25)3)24-7-5-6-21-15-29(12-13-30(21)24)20-8-10-23(27)26(14-20)32-4/h8-11,14,21,24,31H,5-7,12-13,15-16H2,1-4H3/b28-17-/t21?,24-/m1/s1. The Kier molecular flexibility index (Phi) is 7.08. The van der Waals surface area contributed by atoms with E-state index in [2.05, 4.69) is 34.9 Å². The van der Waals surface area contributed by atoms with E-state index in [1.807, 2.05) is 12.1 Å². The van der Waals surface area contributed by atoms with Crippen LogP contribution in [0, 0.1) is 19.7 Å². The van der Waals surface area contributed by atoms with Crippen LogP contribution in [0.1, 0.15) is 48.9 Å². The Hall–Kier alpha value is -2.80. The minimum Gasteiger partial charge on any atom is -0.494 e. The summed E-state index contributed by atoms with van der Waals surface area (Å²) in [6.07, 6.45) is 3.51. The molecule has 2 aliphatic heterocycles. The number of ether oxygens (including phenoxy) is 2. The molecule has 2 fully saturated rings. The predicted molar refractivity (Wildman–Crippen MR) is 129 cm³/mol. The van der Waals surface area contributed by atoms with Gasteiger partial charge in [0, 0.05) is 43.5 Å². The van der Waals surface area contributed by atoms with Crippen LogP contribution in [0.3, 0.4) is 0 Å². The van der Waals surface area contributed by atoms with Crippen molar-refractivity contribution in [3.63, 3.8) is 0 Å². The second kappa shape index (κ2) is 10.00. The highest BCUT2D eigenvalue weighted by Crippen LogP contribution is 2.40. The van der Waals surface area contributed by atoms with Gasteiger partial charge in [0.15, 0.2) is 11.6 Å². The van der Waals surface area contributed by atoms with E-state index in [0.29, 0.717) is 23.5 Å². The number of nitrogens with zero attached hydrogens (tertiary/aromatic N) is 3. The molecule has 2 atom stereocenters. The number of oxime groups is 1.